The van der Waals surface area contributed by atoms with E-state index in [4.69, 9.17) is 9.47 Å². The summed E-state index contributed by atoms with van der Waals surface area (Å²) in [6, 6.07) is 20.3. The highest BCUT2D eigenvalue weighted by atomic mass is 16.5. The summed E-state index contributed by atoms with van der Waals surface area (Å²) in [5.41, 5.74) is 3.58. The predicted octanol–water partition coefficient (Wildman–Crippen LogP) is 3.96. The molecule has 1 N–H and O–H groups in total. The molecule has 5 rings (SSSR count). The first-order valence-electron chi connectivity index (χ1n) is 12.3. The smallest absolute Gasteiger partial charge is 0.260 e. The Morgan fingerprint density at radius 2 is 1.62 bits per heavy atom. The number of nitrogens with zero attached hydrogens (tertiary/aromatic N) is 2. The molecule has 0 unspecified atom stereocenters. The van der Waals surface area contributed by atoms with E-state index in [0.717, 1.165) is 11.1 Å². The predicted molar refractivity (Wildman–Crippen MR) is 139 cm³/mol. The third kappa shape index (κ3) is 4.50. The van der Waals surface area contributed by atoms with Gasteiger partial charge in [-0.2, -0.15) is 0 Å². The molecule has 37 heavy (non-hydrogen) atoms. The van der Waals surface area contributed by atoms with Crippen LogP contribution in [0.1, 0.15) is 50.9 Å². The van der Waals surface area contributed by atoms with Crippen LogP contribution in [-0.2, 0) is 11.2 Å². The molecule has 0 radical (unpaired) electrons. The highest BCUT2D eigenvalue weighted by molar-refractivity contribution is 6.16. The summed E-state index contributed by atoms with van der Waals surface area (Å²) in [6.45, 7) is 0.849. The molecular formula is C29H29N3O5. The number of para-hydroxylation sites is 1. The van der Waals surface area contributed by atoms with Gasteiger partial charge < -0.3 is 19.7 Å². The van der Waals surface area contributed by atoms with Crippen molar-refractivity contribution in [2.45, 2.75) is 25.4 Å². The number of rotatable bonds is 9. The fraction of sp³-hybridized carbons (Fsp3) is 0.276. The molecule has 0 bridgehead atoms. The monoisotopic (exact) mass is 499 g/mol. The zero-order valence-electron chi connectivity index (χ0n) is 20.9. The van der Waals surface area contributed by atoms with Crippen LogP contribution in [0.5, 0.6) is 11.5 Å². The number of nitrogens with one attached hydrogen (secondary N) is 1. The van der Waals surface area contributed by atoms with Gasteiger partial charge in [0.15, 0.2) is 11.5 Å². The van der Waals surface area contributed by atoms with Gasteiger partial charge in [-0.25, -0.2) is 0 Å². The fourth-order valence-electron chi connectivity index (χ4n) is 5.08. The van der Waals surface area contributed by atoms with Crippen molar-refractivity contribution in [1.82, 2.24) is 10.2 Å². The van der Waals surface area contributed by atoms with Crippen LogP contribution in [-0.4, -0.2) is 49.9 Å². The lowest BCUT2D eigenvalue weighted by Crippen LogP contribution is -2.48. The van der Waals surface area contributed by atoms with E-state index in [1.165, 1.54) is 0 Å². The summed E-state index contributed by atoms with van der Waals surface area (Å²) in [6.07, 6.45) is 0.916. The van der Waals surface area contributed by atoms with Gasteiger partial charge in [0.2, 0.25) is 5.91 Å². The normalized spacial score (nSPS) is 15.7. The Bertz CT molecular complexity index is 1350. The Labute approximate surface area is 215 Å². The van der Waals surface area contributed by atoms with Crippen LogP contribution in [0.25, 0.3) is 0 Å². The summed E-state index contributed by atoms with van der Waals surface area (Å²) >= 11 is 0. The van der Waals surface area contributed by atoms with Gasteiger partial charge in [0, 0.05) is 30.6 Å². The third-order valence-electron chi connectivity index (χ3n) is 6.87. The minimum atomic E-state index is -0.501. The molecular weight excluding hydrogens is 470 g/mol. The maximum Gasteiger partial charge on any atom is 0.260 e. The van der Waals surface area contributed by atoms with E-state index < -0.39 is 6.17 Å². The Morgan fingerprint density at radius 3 is 2.41 bits per heavy atom. The molecule has 0 fully saturated rings. The largest absolute Gasteiger partial charge is 0.493 e. The molecule has 3 aromatic carbocycles. The number of ether oxygens (including phenoxy) is 2. The van der Waals surface area contributed by atoms with Gasteiger partial charge in [-0.05, 0) is 48.7 Å². The SMILES string of the molecule is COc1ccc(CCNC(=O)CCCN2C(=O)c3ccccc3N3C(=O)c4ccccc4[C@@H]23)cc1OC. The quantitative estimate of drug-likeness (QED) is 0.482. The van der Waals surface area contributed by atoms with Gasteiger partial charge in [-0.1, -0.05) is 36.4 Å². The van der Waals surface area contributed by atoms with Crippen LogP contribution >= 0.6 is 0 Å². The van der Waals surface area contributed by atoms with Crippen molar-refractivity contribution >= 4 is 23.4 Å². The van der Waals surface area contributed by atoms with E-state index in [-0.39, 0.29) is 24.1 Å². The lowest BCUT2D eigenvalue weighted by atomic mass is 10.0. The van der Waals surface area contributed by atoms with Crippen molar-refractivity contribution in [3.8, 4) is 11.5 Å². The summed E-state index contributed by atoms with van der Waals surface area (Å²) in [5, 5.41) is 2.95. The van der Waals surface area contributed by atoms with Crippen LogP contribution in [0.15, 0.2) is 66.7 Å². The second kappa shape index (κ2) is 10.3. The summed E-state index contributed by atoms with van der Waals surface area (Å²) in [7, 11) is 3.18. The molecule has 0 aromatic heterocycles. The van der Waals surface area contributed by atoms with Crippen molar-refractivity contribution in [3.63, 3.8) is 0 Å². The van der Waals surface area contributed by atoms with E-state index in [1.54, 1.807) is 42.2 Å². The van der Waals surface area contributed by atoms with Crippen molar-refractivity contribution in [2.75, 3.05) is 32.2 Å². The molecule has 2 aliphatic heterocycles. The molecule has 0 saturated heterocycles. The van der Waals surface area contributed by atoms with E-state index in [1.807, 2.05) is 48.5 Å². The van der Waals surface area contributed by atoms with Gasteiger partial charge in [-0.3, -0.25) is 19.3 Å². The second-order valence-electron chi connectivity index (χ2n) is 9.04. The van der Waals surface area contributed by atoms with Crippen LogP contribution in [0.4, 0.5) is 5.69 Å². The van der Waals surface area contributed by atoms with E-state index in [2.05, 4.69) is 5.32 Å². The minimum absolute atomic E-state index is 0.0786. The van der Waals surface area contributed by atoms with Gasteiger partial charge in [-0.15, -0.1) is 0 Å². The number of carbonyl (C=O) groups excluding carboxylic acids is 3. The van der Waals surface area contributed by atoms with Crippen molar-refractivity contribution in [3.05, 3.63) is 89.0 Å². The second-order valence-corrected chi connectivity index (χ2v) is 9.04. The van der Waals surface area contributed by atoms with Crippen LogP contribution in [0.3, 0.4) is 0 Å². The Balaban J connectivity index is 1.21. The third-order valence-corrected chi connectivity index (χ3v) is 6.87. The van der Waals surface area contributed by atoms with Crippen LogP contribution in [0, 0.1) is 0 Å². The number of hydrogen-bond donors (Lipinski definition) is 1. The Kier molecular flexibility index (Phi) is 6.81. The molecule has 2 aliphatic rings. The number of methoxy groups -OCH3 is 2. The topological polar surface area (TPSA) is 88.2 Å². The Morgan fingerprint density at radius 1 is 0.892 bits per heavy atom. The first-order valence-corrected chi connectivity index (χ1v) is 12.3. The highest BCUT2D eigenvalue weighted by Gasteiger charge is 2.47. The molecule has 2 heterocycles. The maximum atomic E-state index is 13.4. The zero-order valence-corrected chi connectivity index (χ0v) is 20.9. The molecule has 3 amide bonds. The molecule has 8 heteroatoms. The van der Waals surface area contributed by atoms with E-state index in [0.29, 0.717) is 54.2 Å². The van der Waals surface area contributed by atoms with Crippen LogP contribution in [0.2, 0.25) is 0 Å². The van der Waals surface area contributed by atoms with Gasteiger partial charge in [0.25, 0.3) is 11.8 Å². The first-order chi connectivity index (χ1) is 18.0. The zero-order chi connectivity index (χ0) is 25.9. The van der Waals surface area contributed by atoms with Crippen LogP contribution < -0.4 is 19.7 Å². The van der Waals surface area contributed by atoms with Gasteiger partial charge in [0.1, 0.15) is 6.17 Å². The Hall–Kier alpha value is -4.33. The number of amides is 3. The average molecular weight is 500 g/mol. The standard InChI is InChI=1S/C29H29N3O5/c1-36-24-14-13-19(18-25(24)37-2)15-16-30-26(33)12-7-17-31-27-20-8-3-4-9-21(20)29(35)32(27)23-11-6-5-10-22(23)28(31)34/h3-6,8-11,13-14,18,27H,7,12,15-17H2,1-2H3,(H,30,33)/t27-/m0/s1. The number of benzene rings is 3. The fourth-order valence-corrected chi connectivity index (χ4v) is 5.08. The van der Waals surface area contributed by atoms with Crippen molar-refractivity contribution < 1.29 is 23.9 Å². The van der Waals surface area contributed by atoms with Gasteiger partial charge in [0.05, 0.1) is 25.5 Å². The van der Waals surface area contributed by atoms with Crippen molar-refractivity contribution in [2.24, 2.45) is 0 Å². The molecule has 0 saturated carbocycles. The first kappa shape index (κ1) is 24.4. The van der Waals surface area contributed by atoms with E-state index in [9.17, 15) is 14.4 Å². The highest BCUT2D eigenvalue weighted by Crippen LogP contribution is 2.45. The van der Waals surface area contributed by atoms with E-state index >= 15 is 0 Å². The number of fused-ring (bicyclic) bond motifs is 5. The molecule has 190 valence electrons. The minimum Gasteiger partial charge on any atom is -0.493 e. The lowest BCUT2D eigenvalue weighted by Gasteiger charge is -2.41. The number of hydrogen-bond acceptors (Lipinski definition) is 5. The molecule has 3 aromatic rings. The molecule has 8 nitrogen and oxygen atoms in total. The number of carbonyl (C=O) groups is 3. The summed E-state index contributed by atoms with van der Waals surface area (Å²) < 4.78 is 10.6. The lowest BCUT2D eigenvalue weighted by molar-refractivity contribution is -0.121. The maximum absolute atomic E-state index is 13.4. The molecule has 0 spiro atoms. The molecule has 1 atom stereocenters. The van der Waals surface area contributed by atoms with Gasteiger partial charge >= 0.3 is 0 Å². The summed E-state index contributed by atoms with van der Waals surface area (Å²) in [4.78, 5) is 42.6. The van der Waals surface area contributed by atoms with Crippen molar-refractivity contribution in [1.29, 1.82) is 0 Å². The molecule has 0 aliphatic carbocycles. The average Bonchev–Trinajstić information content (AvgIpc) is 3.23. The summed E-state index contributed by atoms with van der Waals surface area (Å²) in [5.74, 6) is 0.995. The number of anilines is 1.